The highest BCUT2D eigenvalue weighted by molar-refractivity contribution is 7.85. The summed E-state index contributed by atoms with van der Waals surface area (Å²) in [5.74, 6) is 2.29. The summed E-state index contributed by atoms with van der Waals surface area (Å²) in [5, 5.41) is 27.6. The fourth-order valence-electron chi connectivity index (χ4n) is 5.93. The third-order valence-corrected chi connectivity index (χ3v) is 10.7. The molecule has 7 nitrogen and oxygen atoms in total. The molecule has 3 aromatic heterocycles. The largest absolute Gasteiger partial charge is 0.308 e. The number of nitrogens with zero attached hydrogens (tertiary/aromatic N) is 3. The number of hydrogen-bond donors (Lipinski definition) is 3. The molecule has 0 bridgehead atoms. The molecule has 0 spiro atoms. The molecular weight excluding hydrogens is 527 g/mol. The summed E-state index contributed by atoms with van der Waals surface area (Å²) in [6, 6.07) is 0. The van der Waals surface area contributed by atoms with Gasteiger partial charge in [-0.1, -0.05) is 83.1 Å². The first-order valence-electron chi connectivity index (χ1n) is 15.9. The highest BCUT2D eigenvalue weighted by Gasteiger charge is 2.45. The number of H-pyrrole nitrogens is 3. The average Bonchev–Trinajstić information content (AvgIpc) is 3.50. The van der Waals surface area contributed by atoms with Gasteiger partial charge in [-0.25, -0.2) is 0 Å². The van der Waals surface area contributed by atoms with E-state index in [0.29, 0.717) is 35.5 Å². The summed E-state index contributed by atoms with van der Waals surface area (Å²) in [6.07, 6.45) is 4.67. The minimum Gasteiger partial charge on any atom is -0.308 e. The Labute approximate surface area is 249 Å². The average molecular weight is 585 g/mol. The molecule has 0 aliphatic carbocycles. The molecule has 3 heterocycles. The molecule has 0 unspecified atom stereocenters. The number of rotatable bonds is 15. The van der Waals surface area contributed by atoms with Crippen molar-refractivity contribution in [1.82, 2.24) is 30.6 Å². The van der Waals surface area contributed by atoms with E-state index in [1.807, 2.05) is 0 Å². The van der Waals surface area contributed by atoms with Crippen molar-refractivity contribution < 1.29 is 4.57 Å². The highest BCUT2D eigenvalue weighted by atomic mass is 31.2. The fourth-order valence-corrected chi connectivity index (χ4v) is 9.68. The van der Waals surface area contributed by atoms with Crippen LogP contribution in [0.2, 0.25) is 0 Å². The zero-order chi connectivity index (χ0) is 30.6. The van der Waals surface area contributed by atoms with E-state index < -0.39 is 7.14 Å². The van der Waals surface area contributed by atoms with Crippen molar-refractivity contribution in [1.29, 1.82) is 0 Å². The van der Waals surface area contributed by atoms with Crippen LogP contribution in [0.25, 0.3) is 0 Å². The van der Waals surface area contributed by atoms with Gasteiger partial charge in [-0.3, -0.25) is 15.3 Å². The Morgan fingerprint density at radius 3 is 0.854 bits per heavy atom. The predicted molar refractivity (Wildman–Crippen MR) is 174 cm³/mol. The molecule has 0 radical (unpaired) electrons. The van der Waals surface area contributed by atoms with Crippen LogP contribution in [0, 0.1) is 35.5 Å². The fraction of sp³-hybridized carbons (Fsp3) is 0.727. The van der Waals surface area contributed by atoms with Gasteiger partial charge >= 0.3 is 0 Å². The molecule has 3 N–H and O–H groups in total. The van der Waals surface area contributed by atoms with Crippen LogP contribution in [0.1, 0.15) is 117 Å². The predicted octanol–water partition coefficient (Wildman–Crippen LogP) is 6.69. The lowest BCUT2D eigenvalue weighted by atomic mass is 10.0. The van der Waals surface area contributed by atoms with Gasteiger partial charge in [0.1, 0.15) is 0 Å². The molecule has 0 fully saturated rings. The third kappa shape index (κ3) is 7.83. The number of nitrogens with one attached hydrogen (secondary N) is 3. The van der Waals surface area contributed by atoms with Gasteiger partial charge in [0.25, 0.3) is 0 Å². The smallest absolute Gasteiger partial charge is 0.181 e. The van der Waals surface area contributed by atoms with Crippen LogP contribution in [-0.4, -0.2) is 30.6 Å². The molecule has 8 heteroatoms. The quantitative estimate of drug-likeness (QED) is 0.173. The Kier molecular flexibility index (Phi) is 11.3. The summed E-state index contributed by atoms with van der Waals surface area (Å²) in [5.41, 5.74) is 5.78. The summed E-state index contributed by atoms with van der Waals surface area (Å²) in [6.45, 7) is 26.6. The summed E-state index contributed by atoms with van der Waals surface area (Å²) >= 11 is 0. The number of hydrogen-bond acceptors (Lipinski definition) is 4. The molecule has 0 aliphatic rings. The van der Waals surface area contributed by atoms with Gasteiger partial charge in [-0.2, -0.15) is 15.3 Å². The maximum absolute atomic E-state index is 16.8. The molecule has 0 amide bonds. The second kappa shape index (κ2) is 13.9. The maximum Gasteiger partial charge on any atom is 0.181 e. The molecule has 0 aliphatic heterocycles. The minimum atomic E-state index is -3.48. The topological polar surface area (TPSA) is 103 Å². The van der Waals surface area contributed by atoms with Gasteiger partial charge in [0, 0.05) is 17.1 Å². The van der Waals surface area contributed by atoms with Gasteiger partial charge in [-0.15, -0.1) is 0 Å². The zero-order valence-corrected chi connectivity index (χ0v) is 28.8. The molecule has 0 aromatic carbocycles. The lowest BCUT2D eigenvalue weighted by Gasteiger charge is -2.26. The molecule has 0 atom stereocenters. The SMILES string of the molecule is CC(C)Cc1n[nH]c(CC(C)C)c1P(=O)(c1c(CC(C)C)n[nH]c1CC(C)C)c1c(CC(C)C)n[nH]c1CC(C)C. The van der Waals surface area contributed by atoms with Crippen molar-refractivity contribution in [3.8, 4) is 0 Å². The minimum absolute atomic E-state index is 0.377. The Bertz CT molecular complexity index is 1070. The van der Waals surface area contributed by atoms with Gasteiger partial charge in [0.05, 0.1) is 33.0 Å². The van der Waals surface area contributed by atoms with Crippen LogP contribution in [-0.2, 0) is 43.1 Å². The maximum atomic E-state index is 16.8. The van der Waals surface area contributed by atoms with E-state index in [0.717, 1.165) is 88.6 Å². The number of aromatic nitrogens is 6. The van der Waals surface area contributed by atoms with Crippen molar-refractivity contribution in [2.45, 2.75) is 122 Å². The van der Waals surface area contributed by atoms with Crippen LogP contribution in [0.15, 0.2) is 0 Å². The second-order valence-corrected chi connectivity index (χ2v) is 17.2. The summed E-state index contributed by atoms with van der Waals surface area (Å²) < 4.78 is 16.8. The molecule has 3 rings (SSSR count). The first-order valence-corrected chi connectivity index (χ1v) is 17.7. The van der Waals surface area contributed by atoms with Crippen molar-refractivity contribution >= 4 is 23.1 Å². The van der Waals surface area contributed by atoms with Crippen molar-refractivity contribution in [3.05, 3.63) is 34.2 Å². The molecule has 41 heavy (non-hydrogen) atoms. The van der Waals surface area contributed by atoms with Crippen LogP contribution in [0.4, 0.5) is 0 Å². The van der Waals surface area contributed by atoms with E-state index in [1.54, 1.807) is 0 Å². The normalized spacial score (nSPS) is 12.9. The van der Waals surface area contributed by atoms with E-state index >= 15 is 4.57 Å². The van der Waals surface area contributed by atoms with Crippen LogP contribution in [0.5, 0.6) is 0 Å². The lowest BCUT2D eigenvalue weighted by Crippen LogP contribution is -2.35. The second-order valence-electron chi connectivity index (χ2n) is 14.7. The van der Waals surface area contributed by atoms with Gasteiger partial charge in [0.15, 0.2) is 7.14 Å². The first kappa shape index (κ1) is 33.4. The third-order valence-electron chi connectivity index (χ3n) is 7.24. The first-order chi connectivity index (χ1) is 19.1. The van der Waals surface area contributed by atoms with E-state index in [4.69, 9.17) is 15.3 Å². The number of aromatic amines is 3. The van der Waals surface area contributed by atoms with E-state index in [-0.39, 0.29) is 0 Å². The van der Waals surface area contributed by atoms with Gasteiger partial charge in [0.2, 0.25) is 0 Å². The van der Waals surface area contributed by atoms with E-state index in [2.05, 4.69) is 98.4 Å². The molecular formula is C33H57N6OP. The zero-order valence-electron chi connectivity index (χ0n) is 27.9. The lowest BCUT2D eigenvalue weighted by molar-refractivity contribution is 0.588. The monoisotopic (exact) mass is 584 g/mol. The van der Waals surface area contributed by atoms with E-state index in [1.165, 1.54) is 0 Å². The summed E-state index contributed by atoms with van der Waals surface area (Å²) in [4.78, 5) is 0. The summed E-state index contributed by atoms with van der Waals surface area (Å²) in [7, 11) is -3.48. The Morgan fingerprint density at radius 1 is 0.439 bits per heavy atom. The molecule has 0 saturated heterocycles. The Balaban J connectivity index is 2.57. The highest BCUT2D eigenvalue weighted by Crippen LogP contribution is 2.49. The van der Waals surface area contributed by atoms with Crippen LogP contribution >= 0.6 is 7.14 Å². The van der Waals surface area contributed by atoms with Crippen LogP contribution in [0.3, 0.4) is 0 Å². The Hall–Kier alpha value is -2.14. The Morgan fingerprint density at radius 2 is 0.659 bits per heavy atom. The van der Waals surface area contributed by atoms with Gasteiger partial charge in [-0.05, 0) is 74.0 Å². The van der Waals surface area contributed by atoms with Crippen molar-refractivity contribution in [3.63, 3.8) is 0 Å². The van der Waals surface area contributed by atoms with Crippen molar-refractivity contribution in [2.24, 2.45) is 35.5 Å². The molecule has 0 saturated carbocycles. The molecule has 230 valence electrons. The molecule has 3 aromatic rings. The van der Waals surface area contributed by atoms with E-state index in [9.17, 15) is 0 Å². The standard InChI is InChI=1S/C33H57N6OP/c1-19(2)13-25-31(26(35-34-25)14-20(3)4)41(40,32-27(15-21(5)6)36-37-28(32)16-22(7)8)33-29(17-23(9)10)38-39-30(33)18-24(11)12/h19-24H,13-18H2,1-12H3,(H,34,35)(H,36,37)(H,38,39). The van der Waals surface area contributed by atoms with Crippen LogP contribution < -0.4 is 15.9 Å². The van der Waals surface area contributed by atoms with Crippen molar-refractivity contribution in [2.75, 3.05) is 0 Å². The van der Waals surface area contributed by atoms with Gasteiger partial charge < -0.3 is 4.57 Å².